The van der Waals surface area contributed by atoms with E-state index in [-0.39, 0.29) is 68.8 Å². The van der Waals surface area contributed by atoms with Crippen molar-refractivity contribution in [3.05, 3.63) is 120 Å². The van der Waals surface area contributed by atoms with Gasteiger partial charge in [-0.05, 0) is 48.6 Å². The SMILES string of the molecule is CCC(=N)N(CCCc1c2ccccc2nc2ccccc12)CCC(=O)NCCn1nnc2c1-c1ccccc1CN(C(=O)CCCC(=O)CCOCCOCCOCCOCCNC(=O)CCN1C(=O)C=CC1=O)c1ccccc1-2. The van der Waals surface area contributed by atoms with Gasteiger partial charge in [0.1, 0.15) is 11.5 Å². The van der Waals surface area contributed by atoms with Crippen LogP contribution < -0.4 is 15.5 Å². The normalized spacial score (nSPS) is 12.8. The van der Waals surface area contributed by atoms with Crippen LogP contribution in [0.25, 0.3) is 44.3 Å². The number of aryl methyl sites for hydroxylation is 1. The van der Waals surface area contributed by atoms with Gasteiger partial charge < -0.3 is 39.4 Å². The van der Waals surface area contributed by atoms with Crippen LogP contribution in [0.1, 0.15) is 69.4 Å². The van der Waals surface area contributed by atoms with E-state index >= 15 is 0 Å². The Kier molecular flexibility index (Phi) is 22.3. The van der Waals surface area contributed by atoms with Crippen molar-refractivity contribution in [2.75, 3.05) is 90.5 Å². The van der Waals surface area contributed by atoms with E-state index in [9.17, 15) is 28.8 Å². The van der Waals surface area contributed by atoms with Gasteiger partial charge in [-0.25, -0.2) is 9.67 Å². The number of carbonyl (C=O) groups excluding carboxylic acids is 6. The van der Waals surface area contributed by atoms with Gasteiger partial charge in [-0.1, -0.05) is 91.0 Å². The quantitative estimate of drug-likeness (QED) is 0.0129. The van der Waals surface area contributed by atoms with E-state index in [0.717, 1.165) is 61.9 Å². The summed E-state index contributed by atoms with van der Waals surface area (Å²) in [6.07, 6.45) is 5.89. The average Bonchev–Trinajstić information content (AvgIpc) is 4.23. The summed E-state index contributed by atoms with van der Waals surface area (Å²) in [6.45, 7) is 6.99. The number of nitrogens with one attached hydrogen (secondary N) is 3. The number of anilines is 1. The Balaban J connectivity index is 0.720. The van der Waals surface area contributed by atoms with Crippen molar-refractivity contribution < 1.29 is 47.7 Å². The first-order chi connectivity index (χ1) is 39.6. The van der Waals surface area contributed by atoms with Crippen LogP contribution in [0.4, 0.5) is 5.69 Å². The van der Waals surface area contributed by atoms with E-state index in [4.69, 9.17) is 29.3 Å². The highest BCUT2D eigenvalue weighted by atomic mass is 16.6. The van der Waals surface area contributed by atoms with Gasteiger partial charge >= 0.3 is 0 Å². The molecule has 4 aromatic carbocycles. The fraction of sp³-hybridized carbons (Fsp3) is 0.410. The number of amides is 5. The van der Waals surface area contributed by atoms with Crippen molar-refractivity contribution in [3.63, 3.8) is 0 Å². The number of Topliss-reactive ketones (excluding diaryl/α,β-unsaturated/α-hetero) is 1. The second-order valence-electron chi connectivity index (χ2n) is 19.6. The minimum absolute atomic E-state index is 0.0120. The second-order valence-corrected chi connectivity index (χ2v) is 19.6. The van der Waals surface area contributed by atoms with E-state index in [2.05, 4.69) is 33.1 Å². The van der Waals surface area contributed by atoms with Gasteiger partial charge in [0.25, 0.3) is 11.8 Å². The monoisotopic (exact) mass is 1100 g/mol. The molecular weight excluding hydrogens is 1030 g/mol. The Morgan fingerprint density at radius 1 is 0.630 bits per heavy atom. The molecule has 0 unspecified atom stereocenters. The van der Waals surface area contributed by atoms with Crippen LogP contribution in [0, 0.1) is 5.41 Å². The molecule has 0 bridgehead atoms. The molecule has 2 aliphatic rings. The summed E-state index contributed by atoms with van der Waals surface area (Å²) < 4.78 is 23.9. The number of nitrogens with zero attached hydrogens (tertiary/aromatic N) is 7. The van der Waals surface area contributed by atoms with E-state index in [0.29, 0.717) is 116 Å². The Hall–Kier alpha value is -8.04. The largest absolute Gasteiger partial charge is 0.379 e. The number of ether oxygens (including phenoxy) is 4. The summed E-state index contributed by atoms with van der Waals surface area (Å²) in [5.41, 5.74) is 7.87. The molecule has 2 aromatic heterocycles. The third kappa shape index (κ3) is 16.5. The summed E-state index contributed by atoms with van der Waals surface area (Å²) in [7, 11) is 0. The maximum absolute atomic E-state index is 14.1. The van der Waals surface area contributed by atoms with Crippen LogP contribution in [0.2, 0.25) is 0 Å². The van der Waals surface area contributed by atoms with Crippen LogP contribution >= 0.6 is 0 Å². The molecule has 8 rings (SSSR count). The Bertz CT molecular complexity index is 3120. The molecule has 0 atom stereocenters. The third-order valence-corrected chi connectivity index (χ3v) is 14.1. The number of rotatable bonds is 33. The minimum atomic E-state index is -0.415. The van der Waals surface area contributed by atoms with Gasteiger partial charge in [-0.3, -0.25) is 39.1 Å². The van der Waals surface area contributed by atoms with Gasteiger partial charge in [0.15, 0.2) is 0 Å². The summed E-state index contributed by atoms with van der Waals surface area (Å²) >= 11 is 0. The number of fused-ring (bicyclic) bond motifs is 7. The van der Waals surface area contributed by atoms with Gasteiger partial charge in [0.2, 0.25) is 17.7 Å². The highest BCUT2D eigenvalue weighted by Gasteiger charge is 2.29. The molecule has 0 aliphatic carbocycles. The zero-order chi connectivity index (χ0) is 56.8. The van der Waals surface area contributed by atoms with Crippen LogP contribution in [0.5, 0.6) is 0 Å². The Morgan fingerprint density at radius 2 is 1.23 bits per heavy atom. The maximum atomic E-state index is 14.1. The standard InChI is InChI=1S/C61H72N10O10/c1-2-54(62)68(31-12-19-47-48-16-5-8-20-51(48)65-52-21-9-6-17-49(47)52)32-26-55(73)63-29-34-71-61-46-15-4-3-13-44(46)43-70(53-22-10-7-18-50(53)60(61)66-67-71)57(75)23-11-14-45(72)28-35-78-37-39-80-41-42-81-40-38-79-36-30-64-56(74)27-33-69-58(76)24-25-59(69)77/h3-10,13,15-18,20-22,24-25,62H,2,11-12,14,19,23,26-43H2,1H3,(H,63,73)(H,64,74). The zero-order valence-electron chi connectivity index (χ0n) is 46.1. The van der Waals surface area contributed by atoms with Crippen molar-refractivity contribution in [3.8, 4) is 22.5 Å². The van der Waals surface area contributed by atoms with Crippen molar-refractivity contribution in [2.45, 2.75) is 77.8 Å². The van der Waals surface area contributed by atoms with E-state index in [1.165, 1.54) is 17.7 Å². The minimum Gasteiger partial charge on any atom is -0.379 e. The van der Waals surface area contributed by atoms with Crippen molar-refractivity contribution in [2.24, 2.45) is 0 Å². The molecule has 0 fully saturated rings. The van der Waals surface area contributed by atoms with Gasteiger partial charge in [0, 0.05) is 105 Å². The topological polar surface area (TPSA) is 241 Å². The highest BCUT2D eigenvalue weighted by Crippen LogP contribution is 2.41. The molecule has 6 aromatic rings. The fourth-order valence-corrected chi connectivity index (χ4v) is 9.93. The molecule has 0 radical (unpaired) electrons. The predicted octanol–water partition coefficient (Wildman–Crippen LogP) is 6.62. The second kappa shape index (κ2) is 30.5. The molecule has 2 aliphatic heterocycles. The summed E-state index contributed by atoms with van der Waals surface area (Å²) in [5, 5.41) is 26.0. The zero-order valence-corrected chi connectivity index (χ0v) is 46.1. The fourth-order valence-electron chi connectivity index (χ4n) is 9.93. The Morgan fingerprint density at radius 3 is 1.94 bits per heavy atom. The van der Waals surface area contributed by atoms with Crippen molar-refractivity contribution in [1.29, 1.82) is 5.41 Å². The molecule has 0 saturated carbocycles. The van der Waals surface area contributed by atoms with Crippen LogP contribution in [0.3, 0.4) is 0 Å². The van der Waals surface area contributed by atoms with Gasteiger partial charge in [-0.2, -0.15) is 0 Å². The molecule has 20 heteroatoms. The highest BCUT2D eigenvalue weighted by molar-refractivity contribution is 6.13. The van der Waals surface area contributed by atoms with Gasteiger partial charge in [0.05, 0.1) is 94.2 Å². The number of ketones is 1. The molecule has 0 saturated heterocycles. The van der Waals surface area contributed by atoms with E-state index < -0.39 is 11.8 Å². The van der Waals surface area contributed by atoms with E-state index in [1.807, 2.05) is 101 Å². The molecular formula is C61H72N10O10. The number of carbonyl (C=O) groups is 6. The van der Waals surface area contributed by atoms with Crippen molar-refractivity contribution in [1.82, 2.24) is 40.4 Å². The molecule has 4 heterocycles. The lowest BCUT2D eigenvalue weighted by molar-refractivity contribution is -0.137. The van der Waals surface area contributed by atoms with Crippen LogP contribution in [-0.4, -0.2) is 157 Å². The average molecular weight is 1110 g/mol. The van der Waals surface area contributed by atoms with Crippen molar-refractivity contribution >= 4 is 68.6 Å². The lowest BCUT2D eigenvalue weighted by atomic mass is 9.95. The lowest BCUT2D eigenvalue weighted by Gasteiger charge is -2.28. The molecule has 0 spiro atoms. The molecule has 20 nitrogen and oxygen atoms in total. The number of hydrogen-bond acceptors (Lipinski definition) is 14. The van der Waals surface area contributed by atoms with E-state index in [1.54, 1.807) is 4.90 Å². The van der Waals surface area contributed by atoms with Crippen LogP contribution in [-0.2, 0) is 67.2 Å². The number of para-hydroxylation sites is 3. The molecule has 5 amide bonds. The van der Waals surface area contributed by atoms with Crippen LogP contribution in [0.15, 0.2) is 109 Å². The van der Waals surface area contributed by atoms with Gasteiger partial charge in [-0.15, -0.1) is 5.10 Å². The summed E-state index contributed by atoms with van der Waals surface area (Å²) in [4.78, 5) is 85.1. The number of pyridine rings is 1. The summed E-state index contributed by atoms with van der Waals surface area (Å²) in [6, 6.07) is 32.0. The predicted molar refractivity (Wildman–Crippen MR) is 307 cm³/mol. The molecule has 426 valence electrons. The molecule has 3 N–H and O–H groups in total. The molecule has 81 heavy (non-hydrogen) atoms. The first kappa shape index (κ1) is 59.1. The first-order valence-corrected chi connectivity index (χ1v) is 28.0. The maximum Gasteiger partial charge on any atom is 0.253 e. The summed E-state index contributed by atoms with van der Waals surface area (Å²) in [5.74, 6) is -0.809. The number of amidine groups is 1. The third-order valence-electron chi connectivity index (χ3n) is 14.1. The first-order valence-electron chi connectivity index (χ1n) is 28.0. The number of imide groups is 1. The Labute approximate surface area is 471 Å². The number of aromatic nitrogens is 4. The number of hydrogen-bond donors (Lipinski definition) is 3. The lowest BCUT2D eigenvalue weighted by Crippen LogP contribution is -2.36. The smallest absolute Gasteiger partial charge is 0.253 e. The number of benzene rings is 4.